The van der Waals surface area contributed by atoms with E-state index in [0.29, 0.717) is 5.69 Å². The number of hydrogen-bond acceptors (Lipinski definition) is 2. The number of anilines is 1. The first-order valence-corrected chi connectivity index (χ1v) is 8.94. The lowest BCUT2D eigenvalue weighted by Crippen LogP contribution is -2.22. The smallest absolute Gasteiger partial charge is 0.300 e. The number of aromatic nitrogens is 4. The van der Waals surface area contributed by atoms with Crippen LogP contribution in [0, 0.1) is 0 Å². The van der Waals surface area contributed by atoms with Crippen LogP contribution >= 0.6 is 0 Å². The van der Waals surface area contributed by atoms with Crippen LogP contribution in [-0.2, 0) is 0 Å². The number of imidazole rings is 1. The molecule has 0 fully saturated rings. The van der Waals surface area contributed by atoms with Crippen LogP contribution in [0.5, 0.6) is 0 Å². The minimum absolute atomic E-state index is 0.195. The van der Waals surface area contributed by atoms with Gasteiger partial charge in [-0.05, 0) is 30.3 Å². The minimum atomic E-state index is -0.195. The van der Waals surface area contributed by atoms with Crippen molar-refractivity contribution in [1.29, 1.82) is 0 Å². The molecule has 0 aliphatic carbocycles. The van der Waals surface area contributed by atoms with Crippen molar-refractivity contribution in [3.63, 3.8) is 0 Å². The second-order valence-electron chi connectivity index (χ2n) is 6.45. The molecule has 134 valence electrons. The van der Waals surface area contributed by atoms with Crippen molar-refractivity contribution >= 4 is 27.9 Å². The minimum Gasteiger partial charge on any atom is -0.318 e. The first-order chi connectivity index (χ1) is 13.8. The van der Waals surface area contributed by atoms with Gasteiger partial charge in [0.25, 0.3) is 11.7 Å². The molecule has 0 spiro atoms. The zero-order chi connectivity index (χ0) is 18.9. The Hall–Kier alpha value is -4.06. The molecule has 0 aliphatic heterocycles. The van der Waals surface area contributed by atoms with Gasteiger partial charge in [-0.2, -0.15) is 4.40 Å². The first-order valence-electron chi connectivity index (χ1n) is 8.94. The topological polar surface area (TPSA) is 76.0 Å². The predicted octanol–water partition coefficient (Wildman–Crippen LogP) is 3.04. The molecule has 6 nitrogen and oxygen atoms in total. The molecule has 0 saturated carbocycles. The van der Waals surface area contributed by atoms with E-state index in [1.807, 2.05) is 77.6 Å². The molecule has 4 heterocycles. The van der Waals surface area contributed by atoms with E-state index in [0.717, 1.165) is 33.4 Å². The van der Waals surface area contributed by atoms with E-state index < -0.39 is 0 Å². The van der Waals surface area contributed by atoms with Crippen LogP contribution in [0.1, 0.15) is 10.5 Å². The highest BCUT2D eigenvalue weighted by Gasteiger charge is 2.25. The molecule has 4 aromatic heterocycles. The van der Waals surface area contributed by atoms with Crippen LogP contribution in [0.2, 0.25) is 0 Å². The van der Waals surface area contributed by atoms with Gasteiger partial charge in [0.2, 0.25) is 5.69 Å². The quantitative estimate of drug-likeness (QED) is 0.481. The second-order valence-corrected chi connectivity index (χ2v) is 6.45. The Kier molecular flexibility index (Phi) is 3.80. The van der Waals surface area contributed by atoms with Crippen molar-refractivity contribution in [2.75, 3.05) is 5.32 Å². The highest BCUT2D eigenvalue weighted by molar-refractivity contribution is 6.10. The number of hydrogen-bond donors (Lipinski definition) is 2. The zero-order valence-electron chi connectivity index (χ0n) is 14.9. The summed E-state index contributed by atoms with van der Waals surface area (Å²) in [6.07, 6.45) is 9.19. The van der Waals surface area contributed by atoms with Gasteiger partial charge < -0.3 is 5.32 Å². The molecule has 28 heavy (non-hydrogen) atoms. The molecule has 0 unspecified atom stereocenters. The van der Waals surface area contributed by atoms with Gasteiger partial charge in [0.05, 0.1) is 6.20 Å². The maximum atomic E-state index is 13.1. The molecule has 5 rings (SSSR count). The Morgan fingerprint density at radius 3 is 2.93 bits per heavy atom. The Morgan fingerprint density at radius 1 is 1.07 bits per heavy atom. The lowest BCUT2D eigenvalue weighted by molar-refractivity contribution is -0.499. The van der Waals surface area contributed by atoms with Crippen molar-refractivity contribution < 1.29 is 14.2 Å². The van der Waals surface area contributed by atoms with Crippen molar-refractivity contribution in [3.05, 3.63) is 91.3 Å². The van der Waals surface area contributed by atoms with E-state index in [1.54, 1.807) is 12.4 Å². The molecule has 5 aromatic rings. The van der Waals surface area contributed by atoms with E-state index in [9.17, 15) is 4.79 Å². The lowest BCUT2D eigenvalue weighted by atomic mass is 10.1. The molecule has 0 radical (unpaired) electrons. The Bertz CT molecular complexity index is 1310. The number of benzene rings is 1. The maximum absolute atomic E-state index is 13.1. The summed E-state index contributed by atoms with van der Waals surface area (Å²) in [7, 11) is 0. The zero-order valence-corrected chi connectivity index (χ0v) is 14.9. The van der Waals surface area contributed by atoms with E-state index in [2.05, 4.69) is 20.3 Å². The fourth-order valence-corrected chi connectivity index (χ4v) is 3.43. The highest BCUT2D eigenvalue weighted by atomic mass is 16.1. The largest absolute Gasteiger partial charge is 0.318 e. The number of fused-ring (bicyclic) bond motifs is 2. The number of amides is 1. The fraction of sp³-hybridized carbons (Fsp3) is 0. The Balaban J connectivity index is 1.60. The molecular weight excluding hydrogens is 350 g/mol. The second kappa shape index (κ2) is 6.59. The SMILES string of the molecule is O=C(Nc1cccc2cnccc12)c1[nH]c(-c2ccc[nH+]c2)[n+]2ccccc12. The number of nitrogens with zero attached hydrogens (tertiary/aromatic N) is 2. The monoisotopic (exact) mass is 367 g/mol. The number of carbonyl (C=O) groups is 1. The summed E-state index contributed by atoms with van der Waals surface area (Å²) >= 11 is 0. The summed E-state index contributed by atoms with van der Waals surface area (Å²) in [6.45, 7) is 0. The molecule has 0 aliphatic rings. The third kappa shape index (κ3) is 2.68. The Labute approximate surface area is 160 Å². The van der Waals surface area contributed by atoms with Crippen LogP contribution in [0.15, 0.2) is 85.6 Å². The average Bonchev–Trinajstić information content (AvgIpc) is 3.15. The number of rotatable bonds is 3. The summed E-state index contributed by atoms with van der Waals surface area (Å²) < 4.78 is 1.98. The molecule has 0 atom stereocenters. The van der Waals surface area contributed by atoms with E-state index in [4.69, 9.17) is 0 Å². The van der Waals surface area contributed by atoms with Crippen LogP contribution in [-0.4, -0.2) is 15.9 Å². The van der Waals surface area contributed by atoms with Gasteiger partial charge in [0, 0.05) is 34.9 Å². The maximum Gasteiger partial charge on any atom is 0.300 e. The van der Waals surface area contributed by atoms with E-state index in [1.165, 1.54) is 0 Å². The number of pyridine rings is 3. The lowest BCUT2D eigenvalue weighted by Gasteiger charge is -2.06. The summed E-state index contributed by atoms with van der Waals surface area (Å²) in [5, 5.41) is 4.97. The van der Waals surface area contributed by atoms with Gasteiger partial charge in [-0.15, -0.1) is 0 Å². The Morgan fingerprint density at radius 2 is 2.04 bits per heavy atom. The molecule has 6 heteroatoms. The van der Waals surface area contributed by atoms with E-state index in [-0.39, 0.29) is 5.91 Å². The van der Waals surface area contributed by atoms with Gasteiger partial charge in [-0.25, -0.2) is 9.97 Å². The number of aromatic amines is 2. The normalized spacial score (nSPS) is 11.0. The van der Waals surface area contributed by atoms with Gasteiger partial charge in [0.1, 0.15) is 5.56 Å². The fourth-order valence-electron chi connectivity index (χ4n) is 3.43. The molecule has 0 bridgehead atoms. The van der Waals surface area contributed by atoms with Crippen molar-refractivity contribution in [3.8, 4) is 11.4 Å². The van der Waals surface area contributed by atoms with Crippen molar-refractivity contribution in [2.24, 2.45) is 0 Å². The molecule has 3 N–H and O–H groups in total. The summed E-state index contributed by atoms with van der Waals surface area (Å²) in [4.78, 5) is 23.7. The standard InChI is InChI=1S/C22H15N5O/c28-22(25-18-7-3-5-15-13-24-11-9-17(15)18)20-19-8-1-2-12-27(19)21(26-20)16-6-4-10-23-14-16/h1-14H,(H,25,28)/p+2. The number of carbonyl (C=O) groups excluding carboxylic acids is 1. The number of nitrogens with one attached hydrogen (secondary N) is 3. The summed E-state index contributed by atoms with van der Waals surface area (Å²) in [5.41, 5.74) is 3.02. The van der Waals surface area contributed by atoms with Crippen LogP contribution in [0.4, 0.5) is 5.69 Å². The van der Waals surface area contributed by atoms with Gasteiger partial charge >= 0.3 is 0 Å². The van der Waals surface area contributed by atoms with Crippen molar-refractivity contribution in [1.82, 2.24) is 9.97 Å². The third-order valence-electron chi connectivity index (χ3n) is 4.74. The summed E-state index contributed by atoms with van der Waals surface area (Å²) in [6, 6.07) is 17.4. The molecule has 0 saturated heterocycles. The molecular formula is C22H17N5O+2. The highest BCUT2D eigenvalue weighted by Crippen LogP contribution is 2.23. The van der Waals surface area contributed by atoms with Crippen LogP contribution < -0.4 is 14.7 Å². The van der Waals surface area contributed by atoms with Crippen LogP contribution in [0.25, 0.3) is 27.7 Å². The average molecular weight is 367 g/mol. The van der Waals surface area contributed by atoms with Gasteiger partial charge in [-0.3, -0.25) is 9.78 Å². The van der Waals surface area contributed by atoms with Crippen LogP contribution in [0.3, 0.4) is 0 Å². The third-order valence-corrected chi connectivity index (χ3v) is 4.74. The molecule has 1 amide bonds. The van der Waals surface area contributed by atoms with E-state index >= 15 is 0 Å². The first kappa shape index (κ1) is 16.1. The predicted molar refractivity (Wildman–Crippen MR) is 106 cm³/mol. The van der Waals surface area contributed by atoms with Crippen molar-refractivity contribution in [2.45, 2.75) is 0 Å². The number of H-pyrrole nitrogens is 2. The van der Waals surface area contributed by atoms with Gasteiger partial charge in [-0.1, -0.05) is 18.2 Å². The summed E-state index contributed by atoms with van der Waals surface area (Å²) in [5.74, 6) is 0.638. The molecule has 1 aromatic carbocycles. The van der Waals surface area contributed by atoms with Gasteiger partial charge in [0.15, 0.2) is 17.9 Å².